The van der Waals surface area contributed by atoms with Crippen LogP contribution in [-0.2, 0) is 0 Å². The molecular formula is C12H11F2N3S. The van der Waals surface area contributed by atoms with Gasteiger partial charge in [0.05, 0.1) is 11.9 Å². The number of hydrogen-bond acceptors (Lipinski definition) is 4. The van der Waals surface area contributed by atoms with Crippen LogP contribution in [0.5, 0.6) is 0 Å². The van der Waals surface area contributed by atoms with Crippen molar-refractivity contribution in [1.82, 2.24) is 4.98 Å². The molecule has 0 radical (unpaired) electrons. The summed E-state index contributed by atoms with van der Waals surface area (Å²) in [4.78, 5) is 4.14. The molecule has 0 bridgehead atoms. The Morgan fingerprint density at radius 1 is 1.28 bits per heavy atom. The smallest absolute Gasteiger partial charge is 0.203 e. The van der Waals surface area contributed by atoms with Crippen molar-refractivity contribution in [3.05, 3.63) is 46.0 Å². The molecule has 0 saturated heterocycles. The zero-order chi connectivity index (χ0) is 13.1. The Balaban J connectivity index is 2.11. The van der Waals surface area contributed by atoms with E-state index in [0.29, 0.717) is 10.7 Å². The number of nitrogens with zero attached hydrogens (tertiary/aromatic N) is 2. The van der Waals surface area contributed by atoms with E-state index in [9.17, 15) is 8.78 Å². The minimum Gasteiger partial charge on any atom is -0.253 e. The van der Waals surface area contributed by atoms with E-state index in [4.69, 9.17) is 0 Å². The molecule has 0 atom stereocenters. The average Bonchev–Trinajstić information content (AvgIpc) is 2.71. The highest BCUT2D eigenvalue weighted by Crippen LogP contribution is 2.15. The first-order valence-corrected chi connectivity index (χ1v) is 6.11. The van der Waals surface area contributed by atoms with Crippen molar-refractivity contribution in [3.63, 3.8) is 0 Å². The quantitative estimate of drug-likeness (QED) is 0.683. The highest BCUT2D eigenvalue weighted by atomic mass is 32.1. The maximum Gasteiger partial charge on any atom is 0.203 e. The summed E-state index contributed by atoms with van der Waals surface area (Å²) in [7, 11) is 0. The van der Waals surface area contributed by atoms with Crippen molar-refractivity contribution in [2.75, 3.05) is 5.43 Å². The lowest BCUT2D eigenvalue weighted by Gasteiger charge is -2.00. The topological polar surface area (TPSA) is 37.3 Å². The fourth-order valence-electron chi connectivity index (χ4n) is 1.34. The van der Waals surface area contributed by atoms with Crippen molar-refractivity contribution >= 4 is 22.7 Å². The van der Waals surface area contributed by atoms with Gasteiger partial charge in [0.25, 0.3) is 0 Å². The molecule has 1 aromatic heterocycles. The molecule has 0 spiro atoms. The van der Waals surface area contributed by atoms with Gasteiger partial charge in [-0.2, -0.15) is 5.10 Å². The van der Waals surface area contributed by atoms with Crippen molar-refractivity contribution in [2.24, 2.45) is 5.10 Å². The second kappa shape index (κ2) is 5.22. The molecule has 6 heteroatoms. The number of anilines is 1. The molecule has 0 saturated carbocycles. The fourth-order valence-corrected chi connectivity index (χ4v) is 1.98. The van der Waals surface area contributed by atoms with Gasteiger partial charge in [-0.3, -0.25) is 5.43 Å². The molecule has 18 heavy (non-hydrogen) atoms. The number of hydrazone groups is 1. The summed E-state index contributed by atoms with van der Waals surface area (Å²) in [6.07, 6.45) is 1.30. The molecule has 1 aromatic carbocycles. The van der Waals surface area contributed by atoms with Gasteiger partial charge >= 0.3 is 0 Å². The summed E-state index contributed by atoms with van der Waals surface area (Å²) in [5, 5.41) is 6.37. The van der Waals surface area contributed by atoms with Gasteiger partial charge in [0.1, 0.15) is 11.6 Å². The summed E-state index contributed by atoms with van der Waals surface area (Å²) < 4.78 is 26.4. The van der Waals surface area contributed by atoms with Gasteiger partial charge in [-0.15, -0.1) is 11.3 Å². The molecule has 0 aliphatic rings. The van der Waals surface area contributed by atoms with E-state index in [1.54, 1.807) is 6.92 Å². The highest BCUT2D eigenvalue weighted by molar-refractivity contribution is 7.13. The molecule has 0 amide bonds. The highest BCUT2D eigenvalue weighted by Gasteiger charge is 2.05. The number of aromatic nitrogens is 1. The lowest BCUT2D eigenvalue weighted by Crippen LogP contribution is -1.96. The van der Waals surface area contributed by atoms with Crippen LogP contribution in [0, 0.1) is 25.5 Å². The number of aryl methyl sites for hydroxylation is 2. The van der Waals surface area contributed by atoms with Gasteiger partial charge in [0.15, 0.2) is 0 Å². The molecule has 3 nitrogen and oxygen atoms in total. The first kappa shape index (κ1) is 12.6. The van der Waals surface area contributed by atoms with Crippen molar-refractivity contribution in [3.8, 4) is 0 Å². The van der Waals surface area contributed by atoms with Crippen LogP contribution in [0.3, 0.4) is 0 Å². The SMILES string of the molecule is Cc1csc(NN=Cc2cc(C)c(F)cc2F)n1. The molecule has 2 rings (SSSR count). The minimum absolute atomic E-state index is 0.231. The van der Waals surface area contributed by atoms with E-state index in [2.05, 4.69) is 15.5 Å². The third kappa shape index (κ3) is 2.89. The summed E-state index contributed by atoms with van der Waals surface area (Å²) in [5.74, 6) is -1.20. The summed E-state index contributed by atoms with van der Waals surface area (Å²) in [6.45, 7) is 3.44. The first-order chi connectivity index (χ1) is 8.56. The van der Waals surface area contributed by atoms with Crippen molar-refractivity contribution in [1.29, 1.82) is 0 Å². The maximum atomic E-state index is 13.4. The number of hydrogen-bond donors (Lipinski definition) is 1. The Morgan fingerprint density at radius 3 is 2.72 bits per heavy atom. The van der Waals surface area contributed by atoms with Crippen molar-refractivity contribution in [2.45, 2.75) is 13.8 Å². The molecular weight excluding hydrogens is 256 g/mol. The third-order valence-electron chi connectivity index (χ3n) is 2.26. The molecule has 94 valence electrons. The normalized spacial score (nSPS) is 11.1. The molecule has 0 aliphatic heterocycles. The van der Waals surface area contributed by atoms with E-state index in [0.717, 1.165) is 11.8 Å². The number of benzene rings is 1. The number of thiazole rings is 1. The lowest BCUT2D eigenvalue weighted by atomic mass is 10.1. The van der Waals surface area contributed by atoms with Crippen molar-refractivity contribution < 1.29 is 8.78 Å². The molecule has 1 heterocycles. The average molecular weight is 267 g/mol. The van der Waals surface area contributed by atoms with Gasteiger partial charge in [-0.05, 0) is 25.5 Å². The van der Waals surface area contributed by atoms with E-state index in [1.165, 1.54) is 23.6 Å². The monoisotopic (exact) mass is 267 g/mol. The van der Waals surface area contributed by atoms with Gasteiger partial charge in [-0.1, -0.05) is 0 Å². The molecule has 0 unspecified atom stereocenters. The van der Waals surface area contributed by atoms with Crippen LogP contribution in [0.15, 0.2) is 22.6 Å². The second-order valence-corrected chi connectivity index (χ2v) is 4.65. The Labute approximate surface area is 107 Å². The standard InChI is InChI=1S/C12H11F2N3S/c1-7-3-9(11(14)4-10(7)13)5-15-17-12-16-8(2)6-18-12/h3-6H,1-2H3,(H,16,17). The number of halogens is 2. The number of rotatable bonds is 3. The van der Waals surface area contributed by atoms with Crippen LogP contribution in [0.4, 0.5) is 13.9 Å². The second-order valence-electron chi connectivity index (χ2n) is 3.79. The van der Waals surface area contributed by atoms with E-state index < -0.39 is 11.6 Å². The van der Waals surface area contributed by atoms with Gasteiger partial charge in [-0.25, -0.2) is 13.8 Å². The molecule has 2 aromatic rings. The zero-order valence-corrected chi connectivity index (χ0v) is 10.7. The molecule has 1 N–H and O–H groups in total. The van der Waals surface area contributed by atoms with Crippen LogP contribution in [-0.4, -0.2) is 11.2 Å². The molecule has 0 fully saturated rings. The maximum absolute atomic E-state index is 13.4. The summed E-state index contributed by atoms with van der Waals surface area (Å²) >= 11 is 1.40. The van der Waals surface area contributed by atoms with Gasteiger partial charge in [0, 0.05) is 17.0 Å². The van der Waals surface area contributed by atoms with Gasteiger partial charge in [0.2, 0.25) is 5.13 Å². The van der Waals surface area contributed by atoms with Gasteiger partial charge < -0.3 is 0 Å². The first-order valence-electron chi connectivity index (χ1n) is 5.23. The predicted molar refractivity (Wildman–Crippen MR) is 69.2 cm³/mol. The Bertz CT molecular complexity index is 593. The summed E-state index contributed by atoms with van der Waals surface area (Å²) in [6, 6.07) is 2.26. The van der Waals surface area contributed by atoms with E-state index in [-0.39, 0.29) is 5.56 Å². The largest absolute Gasteiger partial charge is 0.253 e. The summed E-state index contributed by atoms with van der Waals surface area (Å²) in [5.41, 5.74) is 4.19. The Kier molecular flexibility index (Phi) is 3.66. The van der Waals surface area contributed by atoms with E-state index >= 15 is 0 Å². The van der Waals surface area contributed by atoms with Crippen LogP contribution in [0.2, 0.25) is 0 Å². The van der Waals surface area contributed by atoms with Crippen LogP contribution in [0.1, 0.15) is 16.8 Å². The molecule has 0 aliphatic carbocycles. The number of nitrogens with one attached hydrogen (secondary N) is 1. The zero-order valence-electron chi connectivity index (χ0n) is 9.87. The predicted octanol–water partition coefficient (Wildman–Crippen LogP) is 3.48. The third-order valence-corrected chi connectivity index (χ3v) is 3.13. The van der Waals surface area contributed by atoms with Crippen LogP contribution >= 0.6 is 11.3 Å². The Hall–Kier alpha value is -1.82. The lowest BCUT2D eigenvalue weighted by molar-refractivity contribution is 0.576. The van der Waals surface area contributed by atoms with E-state index in [1.807, 2.05) is 12.3 Å². The minimum atomic E-state index is -0.640. The fraction of sp³-hybridized carbons (Fsp3) is 0.167. The van der Waals surface area contributed by atoms with Crippen LogP contribution in [0.25, 0.3) is 0 Å². The van der Waals surface area contributed by atoms with Crippen LogP contribution < -0.4 is 5.43 Å². The Morgan fingerprint density at radius 2 is 2.06 bits per heavy atom.